The first-order chi connectivity index (χ1) is 24.9. The minimum atomic E-state index is -4.81. The lowest BCUT2D eigenvalue weighted by Gasteiger charge is -2.26. The molecule has 0 spiro atoms. The number of aromatic amines is 1. The molecule has 0 aliphatic rings. The Hall–Kier alpha value is -4.73. The lowest BCUT2D eigenvalue weighted by atomic mass is 10.0. The third-order valence-corrected chi connectivity index (χ3v) is 8.55. The number of guanidine groups is 1. The number of thioether (sulfide) groups is 1. The van der Waals surface area contributed by atoms with Crippen LogP contribution in [0.5, 0.6) is 5.75 Å². The van der Waals surface area contributed by atoms with Crippen LogP contribution in [-0.2, 0) is 41.4 Å². The number of hydrogen-bond donors (Lipinski definition) is 12. The standard InChI is InChI=1S/C30H47N10O11PS/c1-16(41)24(31)28(45)39-22(13-18-14-34-15-36-18)27(44)37-20(4-3-10-35-30(32)33)25(42)38-21(9-11-53-2)26(43)40-23(29(46)47)12-17-5-7-19(8-6-17)51-52(48,49)50/h5-8,14-16,20-24,41H,3-4,9-13,31H2,1-2H3,(H,34,36)(H,37,44)(H,38,42)(H,39,45)(H,40,43)(H,46,47)(H4,32,33,35)(H2,48,49,50). The zero-order valence-corrected chi connectivity index (χ0v) is 30.7. The SMILES string of the molecule is CSCCC(NC(=O)C(CCCN=C(N)N)NC(=O)C(Cc1cnc[nH]1)NC(=O)C(N)C(C)O)C(=O)NC(Cc1ccc(OP(=O)(O)O)cc1)C(=O)O. The number of nitrogens with two attached hydrogens (primary N) is 3. The first kappa shape index (κ1) is 44.4. The number of aromatic nitrogens is 2. The Kier molecular flexibility index (Phi) is 18.2. The fourth-order valence-electron chi connectivity index (χ4n) is 4.67. The first-order valence-corrected chi connectivity index (χ1v) is 19.1. The number of imidazole rings is 1. The van der Waals surface area contributed by atoms with Crippen molar-refractivity contribution in [1.82, 2.24) is 31.2 Å². The van der Waals surface area contributed by atoms with Gasteiger partial charge in [-0.3, -0.25) is 34.0 Å². The summed E-state index contributed by atoms with van der Waals surface area (Å²) in [6.07, 6.45) is 3.24. The lowest BCUT2D eigenvalue weighted by molar-refractivity contribution is -0.142. The van der Waals surface area contributed by atoms with Crippen molar-refractivity contribution in [2.75, 3.05) is 18.6 Å². The summed E-state index contributed by atoms with van der Waals surface area (Å²) in [5.41, 5.74) is 17.4. The second-order valence-electron chi connectivity index (χ2n) is 11.8. The fourth-order valence-corrected chi connectivity index (χ4v) is 5.53. The van der Waals surface area contributed by atoms with Crippen LogP contribution in [-0.4, -0.2) is 120 Å². The Labute approximate surface area is 308 Å². The molecule has 1 aromatic heterocycles. The van der Waals surface area contributed by atoms with Gasteiger partial charge in [-0.1, -0.05) is 12.1 Å². The van der Waals surface area contributed by atoms with Gasteiger partial charge in [-0.15, -0.1) is 0 Å². The molecule has 2 aromatic rings. The second-order valence-corrected chi connectivity index (χ2v) is 13.9. The zero-order chi connectivity index (χ0) is 39.7. The summed E-state index contributed by atoms with van der Waals surface area (Å²) in [5.74, 6) is -4.64. The maximum Gasteiger partial charge on any atom is 0.524 e. The monoisotopic (exact) mass is 786 g/mol. The van der Waals surface area contributed by atoms with E-state index in [4.69, 9.17) is 27.0 Å². The highest BCUT2D eigenvalue weighted by atomic mass is 32.2. The van der Waals surface area contributed by atoms with E-state index in [9.17, 15) is 38.8 Å². The summed E-state index contributed by atoms with van der Waals surface area (Å²) >= 11 is 1.36. The van der Waals surface area contributed by atoms with Crippen LogP contribution in [0.4, 0.5) is 0 Å². The molecule has 15 N–H and O–H groups in total. The summed E-state index contributed by atoms with van der Waals surface area (Å²) in [6, 6.07) is -1.47. The van der Waals surface area contributed by atoms with E-state index >= 15 is 0 Å². The average molecular weight is 787 g/mol. The Morgan fingerprint density at radius 3 is 2.00 bits per heavy atom. The van der Waals surface area contributed by atoms with Gasteiger partial charge >= 0.3 is 13.8 Å². The van der Waals surface area contributed by atoms with Gasteiger partial charge in [0.15, 0.2) is 5.96 Å². The highest BCUT2D eigenvalue weighted by Gasteiger charge is 2.32. The molecule has 294 valence electrons. The van der Waals surface area contributed by atoms with Crippen LogP contribution in [0.25, 0.3) is 0 Å². The number of amides is 4. The van der Waals surface area contributed by atoms with Crippen molar-refractivity contribution in [3.63, 3.8) is 0 Å². The van der Waals surface area contributed by atoms with Crippen molar-refractivity contribution >= 4 is 55.1 Å². The van der Waals surface area contributed by atoms with Crippen LogP contribution >= 0.6 is 19.6 Å². The topological polar surface area (TPSA) is 360 Å². The highest BCUT2D eigenvalue weighted by Crippen LogP contribution is 2.37. The van der Waals surface area contributed by atoms with Crippen LogP contribution in [0.3, 0.4) is 0 Å². The molecule has 0 saturated heterocycles. The van der Waals surface area contributed by atoms with E-state index in [1.165, 1.54) is 55.5 Å². The number of nitrogens with zero attached hydrogens (tertiary/aromatic N) is 2. The number of phosphoric ester groups is 1. The van der Waals surface area contributed by atoms with Crippen molar-refractivity contribution in [3.05, 3.63) is 48.0 Å². The van der Waals surface area contributed by atoms with Crippen molar-refractivity contribution < 1.29 is 53.1 Å². The van der Waals surface area contributed by atoms with Crippen LogP contribution in [0.1, 0.15) is 37.4 Å². The molecule has 0 aliphatic carbocycles. The number of H-pyrrole nitrogens is 1. The summed E-state index contributed by atoms with van der Waals surface area (Å²) in [4.78, 5) is 94.3. The largest absolute Gasteiger partial charge is 0.524 e. The highest BCUT2D eigenvalue weighted by molar-refractivity contribution is 7.98. The van der Waals surface area contributed by atoms with E-state index in [0.717, 1.165) is 0 Å². The number of aliphatic imine (C=N–C) groups is 1. The first-order valence-electron chi connectivity index (χ1n) is 16.1. The number of aliphatic carboxylic acids is 1. The van der Waals surface area contributed by atoms with Crippen LogP contribution in [0.15, 0.2) is 41.8 Å². The van der Waals surface area contributed by atoms with Crippen LogP contribution < -0.4 is 43.0 Å². The predicted molar refractivity (Wildman–Crippen MR) is 193 cm³/mol. The van der Waals surface area contributed by atoms with Gasteiger partial charge in [0.25, 0.3) is 0 Å². The summed E-state index contributed by atoms with van der Waals surface area (Å²) in [5, 5.41) is 29.8. The normalized spacial score (nSPS) is 14.7. The van der Waals surface area contributed by atoms with E-state index in [-0.39, 0.29) is 50.4 Å². The van der Waals surface area contributed by atoms with Gasteiger partial charge < -0.3 is 58.2 Å². The Morgan fingerprint density at radius 1 is 0.925 bits per heavy atom. The number of aliphatic hydroxyl groups excluding tert-OH is 1. The smallest absolute Gasteiger partial charge is 0.480 e. The van der Waals surface area contributed by atoms with Gasteiger partial charge in [0.05, 0.1) is 12.4 Å². The average Bonchev–Trinajstić information content (AvgIpc) is 3.59. The molecule has 0 aliphatic heterocycles. The van der Waals surface area contributed by atoms with Crippen molar-refractivity contribution in [3.8, 4) is 5.75 Å². The molecule has 6 unspecified atom stereocenters. The number of nitrogens with one attached hydrogen (secondary N) is 5. The number of carbonyl (C=O) groups excluding carboxylic acids is 4. The minimum Gasteiger partial charge on any atom is -0.480 e. The molecule has 53 heavy (non-hydrogen) atoms. The van der Waals surface area contributed by atoms with E-state index < -0.39 is 73.7 Å². The number of carboxylic acid groups (broad SMARTS) is 1. The van der Waals surface area contributed by atoms with E-state index in [2.05, 4.69) is 40.8 Å². The van der Waals surface area contributed by atoms with Gasteiger partial charge in [-0.2, -0.15) is 11.8 Å². The number of carboxylic acids is 1. The molecule has 23 heteroatoms. The molecule has 0 bridgehead atoms. The fraction of sp³-hybridized carbons (Fsp3) is 0.500. The number of benzene rings is 1. The van der Waals surface area contributed by atoms with Crippen molar-refractivity contribution in [2.24, 2.45) is 22.2 Å². The summed E-state index contributed by atoms with van der Waals surface area (Å²) < 4.78 is 15.6. The number of aliphatic hydroxyl groups is 1. The Balaban J connectivity index is 2.29. The molecule has 4 amide bonds. The molecular formula is C30H47N10O11PS. The van der Waals surface area contributed by atoms with Gasteiger partial charge in [-0.25, -0.2) is 14.3 Å². The number of rotatable bonds is 23. The number of carbonyl (C=O) groups is 5. The molecule has 1 heterocycles. The molecular weight excluding hydrogens is 739 g/mol. The van der Waals surface area contributed by atoms with E-state index in [1.807, 2.05) is 0 Å². The zero-order valence-electron chi connectivity index (χ0n) is 29.0. The van der Waals surface area contributed by atoms with E-state index in [0.29, 0.717) is 17.0 Å². The van der Waals surface area contributed by atoms with Gasteiger partial charge in [0.2, 0.25) is 23.6 Å². The van der Waals surface area contributed by atoms with Gasteiger partial charge in [0, 0.05) is 31.3 Å². The molecule has 0 radical (unpaired) electrons. The van der Waals surface area contributed by atoms with Gasteiger partial charge in [0.1, 0.15) is 36.0 Å². The van der Waals surface area contributed by atoms with E-state index in [1.54, 1.807) is 6.26 Å². The second kappa shape index (κ2) is 21.7. The third-order valence-electron chi connectivity index (χ3n) is 7.46. The molecule has 0 saturated carbocycles. The summed E-state index contributed by atoms with van der Waals surface area (Å²) in [6.45, 7) is 1.39. The maximum absolute atomic E-state index is 13.7. The molecule has 0 fully saturated rings. The van der Waals surface area contributed by atoms with Crippen LogP contribution in [0, 0.1) is 0 Å². The number of phosphoric acid groups is 1. The third kappa shape index (κ3) is 16.7. The summed E-state index contributed by atoms with van der Waals surface area (Å²) in [7, 11) is -4.81. The molecule has 6 atom stereocenters. The Bertz CT molecular complexity index is 1590. The molecule has 1 aromatic carbocycles. The van der Waals surface area contributed by atoms with Gasteiger partial charge in [-0.05, 0) is 55.9 Å². The van der Waals surface area contributed by atoms with Crippen LogP contribution in [0.2, 0.25) is 0 Å². The quantitative estimate of drug-likeness (QED) is 0.0234. The van der Waals surface area contributed by atoms with Crippen molar-refractivity contribution in [2.45, 2.75) is 75.3 Å². The van der Waals surface area contributed by atoms with Crippen molar-refractivity contribution in [1.29, 1.82) is 0 Å². The molecule has 2 rings (SSSR count). The number of hydrogen-bond acceptors (Lipinski definition) is 12. The minimum absolute atomic E-state index is 0.0252. The Morgan fingerprint density at radius 2 is 1.49 bits per heavy atom. The maximum atomic E-state index is 13.7. The predicted octanol–water partition coefficient (Wildman–Crippen LogP) is -2.79. The molecule has 21 nitrogen and oxygen atoms in total. The lowest BCUT2D eigenvalue weighted by Crippen LogP contribution is -2.59.